The predicted molar refractivity (Wildman–Crippen MR) is 62.4 cm³/mol. The van der Waals surface area contributed by atoms with Crippen LogP contribution in [-0.2, 0) is 4.79 Å². The summed E-state index contributed by atoms with van der Waals surface area (Å²) in [7, 11) is 1.71. The minimum atomic E-state index is -0.967. The average Bonchev–Trinajstić information content (AvgIpc) is 2.23. The SMILES string of the molecule is CCCCN(C)C(=O)N(CCC)CC(=O)O. The molecule has 0 radical (unpaired) electrons. The van der Waals surface area contributed by atoms with E-state index in [1.165, 1.54) is 4.90 Å². The fourth-order valence-electron chi connectivity index (χ4n) is 1.41. The van der Waals surface area contributed by atoms with Crippen molar-refractivity contribution in [3.05, 3.63) is 0 Å². The van der Waals surface area contributed by atoms with Gasteiger partial charge in [0.1, 0.15) is 6.54 Å². The zero-order valence-electron chi connectivity index (χ0n) is 10.4. The van der Waals surface area contributed by atoms with Crippen LogP contribution >= 0.6 is 0 Å². The maximum atomic E-state index is 11.9. The summed E-state index contributed by atoms with van der Waals surface area (Å²) in [5, 5.41) is 8.70. The van der Waals surface area contributed by atoms with E-state index in [4.69, 9.17) is 5.11 Å². The Balaban J connectivity index is 4.29. The van der Waals surface area contributed by atoms with Crippen LogP contribution in [0, 0.1) is 0 Å². The fraction of sp³-hybridized carbons (Fsp3) is 0.818. The molecular formula is C11H22N2O3. The van der Waals surface area contributed by atoms with Crippen LogP contribution in [0.2, 0.25) is 0 Å². The third-order valence-corrected chi connectivity index (χ3v) is 2.26. The van der Waals surface area contributed by atoms with Crippen molar-refractivity contribution in [2.24, 2.45) is 0 Å². The topological polar surface area (TPSA) is 60.9 Å². The van der Waals surface area contributed by atoms with Gasteiger partial charge in [0.15, 0.2) is 0 Å². The lowest BCUT2D eigenvalue weighted by Crippen LogP contribution is -2.44. The predicted octanol–water partition coefficient (Wildman–Crippen LogP) is 1.63. The lowest BCUT2D eigenvalue weighted by molar-refractivity contribution is -0.137. The third kappa shape index (κ3) is 5.58. The normalized spacial score (nSPS) is 9.94. The molecule has 0 saturated carbocycles. The van der Waals surface area contributed by atoms with Crippen LogP contribution in [0.25, 0.3) is 0 Å². The molecule has 0 aliphatic carbocycles. The second kappa shape index (κ2) is 7.96. The molecule has 94 valence electrons. The number of rotatable bonds is 7. The van der Waals surface area contributed by atoms with Gasteiger partial charge in [-0.15, -0.1) is 0 Å². The number of carbonyl (C=O) groups is 2. The largest absolute Gasteiger partial charge is 0.480 e. The number of carboxylic acid groups (broad SMARTS) is 1. The number of urea groups is 1. The first-order chi connectivity index (χ1) is 7.52. The molecule has 0 saturated heterocycles. The van der Waals surface area contributed by atoms with Crippen LogP contribution in [0.3, 0.4) is 0 Å². The van der Waals surface area contributed by atoms with Crippen LogP contribution < -0.4 is 0 Å². The minimum Gasteiger partial charge on any atom is -0.480 e. The van der Waals surface area contributed by atoms with Gasteiger partial charge in [-0.3, -0.25) is 4.79 Å². The summed E-state index contributed by atoms with van der Waals surface area (Å²) in [4.78, 5) is 25.4. The van der Waals surface area contributed by atoms with Crippen molar-refractivity contribution >= 4 is 12.0 Å². The fourth-order valence-corrected chi connectivity index (χ4v) is 1.41. The Morgan fingerprint density at radius 2 is 1.75 bits per heavy atom. The molecule has 0 heterocycles. The Kier molecular flexibility index (Phi) is 7.33. The number of amides is 2. The minimum absolute atomic E-state index is 0.197. The number of nitrogens with zero attached hydrogens (tertiary/aromatic N) is 2. The molecule has 0 unspecified atom stereocenters. The summed E-state index contributed by atoms with van der Waals surface area (Å²) in [5.41, 5.74) is 0. The van der Waals surface area contributed by atoms with Gasteiger partial charge in [0, 0.05) is 20.1 Å². The van der Waals surface area contributed by atoms with Gasteiger partial charge in [-0.25, -0.2) is 4.79 Å². The van der Waals surface area contributed by atoms with Crippen molar-refractivity contribution in [1.29, 1.82) is 0 Å². The lowest BCUT2D eigenvalue weighted by atomic mass is 10.3. The highest BCUT2D eigenvalue weighted by Crippen LogP contribution is 2.01. The zero-order chi connectivity index (χ0) is 12.6. The molecule has 0 aromatic carbocycles. The second-order valence-electron chi connectivity index (χ2n) is 3.87. The molecule has 0 aliphatic heterocycles. The van der Waals surface area contributed by atoms with Crippen LogP contribution in [-0.4, -0.2) is 53.6 Å². The Labute approximate surface area is 97.0 Å². The molecule has 2 amide bonds. The molecule has 16 heavy (non-hydrogen) atoms. The van der Waals surface area contributed by atoms with E-state index in [0.717, 1.165) is 19.3 Å². The van der Waals surface area contributed by atoms with Gasteiger partial charge >= 0.3 is 12.0 Å². The van der Waals surface area contributed by atoms with Crippen molar-refractivity contribution in [3.8, 4) is 0 Å². The van der Waals surface area contributed by atoms with Gasteiger partial charge in [0.2, 0.25) is 0 Å². The highest BCUT2D eigenvalue weighted by molar-refractivity contribution is 5.80. The number of hydrogen-bond donors (Lipinski definition) is 1. The summed E-state index contributed by atoms with van der Waals surface area (Å²) in [5.74, 6) is -0.967. The van der Waals surface area contributed by atoms with Gasteiger partial charge in [-0.1, -0.05) is 20.3 Å². The van der Waals surface area contributed by atoms with Crippen LogP contribution in [0.15, 0.2) is 0 Å². The zero-order valence-corrected chi connectivity index (χ0v) is 10.4. The van der Waals surface area contributed by atoms with Gasteiger partial charge < -0.3 is 14.9 Å². The van der Waals surface area contributed by atoms with Crippen molar-refractivity contribution in [3.63, 3.8) is 0 Å². The van der Waals surface area contributed by atoms with E-state index in [-0.39, 0.29) is 12.6 Å². The average molecular weight is 230 g/mol. The standard InChI is InChI=1S/C11H22N2O3/c1-4-6-8-12(3)11(16)13(7-5-2)9-10(14)15/h4-9H2,1-3H3,(H,14,15). The summed E-state index contributed by atoms with van der Waals surface area (Å²) in [6.45, 7) is 4.92. The second-order valence-corrected chi connectivity index (χ2v) is 3.87. The van der Waals surface area contributed by atoms with Gasteiger partial charge in [-0.05, 0) is 12.8 Å². The summed E-state index contributed by atoms with van der Waals surface area (Å²) >= 11 is 0. The van der Waals surface area contributed by atoms with E-state index < -0.39 is 5.97 Å². The van der Waals surface area contributed by atoms with E-state index in [0.29, 0.717) is 13.1 Å². The third-order valence-electron chi connectivity index (χ3n) is 2.26. The molecule has 1 N–H and O–H groups in total. The van der Waals surface area contributed by atoms with E-state index in [1.54, 1.807) is 11.9 Å². The molecule has 0 atom stereocenters. The van der Waals surface area contributed by atoms with Gasteiger partial charge in [0.25, 0.3) is 0 Å². The molecule has 0 spiro atoms. The van der Waals surface area contributed by atoms with Gasteiger partial charge in [0.05, 0.1) is 0 Å². The van der Waals surface area contributed by atoms with Crippen molar-refractivity contribution in [2.45, 2.75) is 33.1 Å². The number of carbonyl (C=O) groups excluding carboxylic acids is 1. The molecular weight excluding hydrogens is 208 g/mol. The van der Waals surface area contributed by atoms with Crippen molar-refractivity contribution in [2.75, 3.05) is 26.7 Å². The highest BCUT2D eigenvalue weighted by Gasteiger charge is 2.18. The van der Waals surface area contributed by atoms with E-state index in [2.05, 4.69) is 6.92 Å². The van der Waals surface area contributed by atoms with Crippen molar-refractivity contribution < 1.29 is 14.7 Å². The number of carboxylic acids is 1. The van der Waals surface area contributed by atoms with E-state index in [1.807, 2.05) is 6.92 Å². The molecule has 0 aromatic heterocycles. The van der Waals surface area contributed by atoms with E-state index in [9.17, 15) is 9.59 Å². The van der Waals surface area contributed by atoms with Gasteiger partial charge in [-0.2, -0.15) is 0 Å². The molecule has 5 nitrogen and oxygen atoms in total. The molecule has 0 aliphatic rings. The number of unbranched alkanes of at least 4 members (excludes halogenated alkanes) is 1. The Morgan fingerprint density at radius 1 is 1.12 bits per heavy atom. The molecule has 0 fully saturated rings. The summed E-state index contributed by atoms with van der Waals surface area (Å²) in [6, 6.07) is -0.197. The maximum Gasteiger partial charge on any atom is 0.323 e. The Hall–Kier alpha value is -1.26. The quantitative estimate of drug-likeness (QED) is 0.723. The number of hydrogen-bond acceptors (Lipinski definition) is 2. The first kappa shape index (κ1) is 14.7. The first-order valence-corrected chi connectivity index (χ1v) is 5.74. The molecule has 5 heteroatoms. The van der Waals surface area contributed by atoms with E-state index >= 15 is 0 Å². The molecule has 0 rings (SSSR count). The summed E-state index contributed by atoms with van der Waals surface area (Å²) < 4.78 is 0. The lowest BCUT2D eigenvalue weighted by Gasteiger charge is -2.26. The Morgan fingerprint density at radius 3 is 2.19 bits per heavy atom. The molecule has 0 aromatic rings. The van der Waals surface area contributed by atoms with Crippen LogP contribution in [0.4, 0.5) is 4.79 Å². The smallest absolute Gasteiger partial charge is 0.323 e. The van der Waals surface area contributed by atoms with Crippen molar-refractivity contribution in [1.82, 2.24) is 9.80 Å². The molecule has 0 bridgehead atoms. The van der Waals surface area contributed by atoms with Crippen LogP contribution in [0.1, 0.15) is 33.1 Å². The monoisotopic (exact) mass is 230 g/mol. The van der Waals surface area contributed by atoms with Crippen LogP contribution in [0.5, 0.6) is 0 Å². The maximum absolute atomic E-state index is 11.9. The first-order valence-electron chi connectivity index (χ1n) is 5.74. The highest BCUT2D eigenvalue weighted by atomic mass is 16.4. The summed E-state index contributed by atoms with van der Waals surface area (Å²) in [6.07, 6.45) is 2.72. The number of aliphatic carboxylic acids is 1. The Bertz CT molecular complexity index is 231.